The van der Waals surface area contributed by atoms with E-state index in [-0.39, 0.29) is 0 Å². The van der Waals surface area contributed by atoms with Crippen LogP contribution in [0.3, 0.4) is 0 Å². The lowest BCUT2D eigenvalue weighted by Gasteiger charge is -2.11. The molecule has 0 aliphatic heterocycles. The third-order valence-electron chi connectivity index (χ3n) is 3.13. The largest absolute Gasteiger partial charge is 0.0843 e. The fraction of sp³-hybridized carbons (Fsp3) is 0. The highest BCUT2D eigenvalue weighted by atomic mass is 35.5. The van der Waals surface area contributed by atoms with Crippen molar-refractivity contribution in [3.8, 4) is 0 Å². The van der Waals surface area contributed by atoms with Crippen LogP contribution in [-0.2, 0) is 0 Å². The Balaban J connectivity index is 2.17. The van der Waals surface area contributed by atoms with E-state index in [1.54, 1.807) is 0 Å². The summed E-state index contributed by atoms with van der Waals surface area (Å²) < 4.78 is 0. The van der Waals surface area contributed by atoms with Crippen LogP contribution in [-0.4, -0.2) is 0 Å². The number of hydrogen-bond donors (Lipinski definition) is 0. The summed E-state index contributed by atoms with van der Waals surface area (Å²) in [5.74, 6) is 0. The van der Waals surface area contributed by atoms with E-state index in [9.17, 15) is 0 Å². The van der Waals surface area contributed by atoms with Gasteiger partial charge in [0.05, 0.1) is 0 Å². The van der Waals surface area contributed by atoms with Crippen molar-refractivity contribution >= 4 is 28.8 Å². The number of halogens is 2. The average molecular weight is 298 g/mol. The van der Waals surface area contributed by atoms with Gasteiger partial charge in [0, 0.05) is 10.0 Å². The second kappa shape index (κ2) is 5.70. The van der Waals surface area contributed by atoms with Crippen LogP contribution >= 0.6 is 23.2 Å². The number of rotatable bonds is 2. The number of benzene rings is 2. The lowest BCUT2D eigenvalue weighted by atomic mass is 9.93. The van der Waals surface area contributed by atoms with Crippen molar-refractivity contribution in [1.82, 2.24) is 0 Å². The first-order valence-electron chi connectivity index (χ1n) is 6.26. The van der Waals surface area contributed by atoms with Crippen molar-refractivity contribution in [3.05, 3.63) is 99.6 Å². The fourth-order valence-corrected chi connectivity index (χ4v) is 2.45. The Hall–Kier alpha value is -1.76. The monoisotopic (exact) mass is 297 g/mol. The molecule has 0 N–H and O–H groups in total. The van der Waals surface area contributed by atoms with Crippen LogP contribution in [0, 0.1) is 6.08 Å². The highest BCUT2D eigenvalue weighted by Gasteiger charge is 2.10. The molecule has 1 aliphatic rings. The topological polar surface area (TPSA) is 0 Å². The molecule has 3 rings (SSSR count). The maximum atomic E-state index is 5.97. The van der Waals surface area contributed by atoms with E-state index in [0.717, 1.165) is 32.3 Å². The zero-order valence-corrected chi connectivity index (χ0v) is 12.1. The summed E-state index contributed by atoms with van der Waals surface area (Å²) in [5.41, 5.74) is 4.41. The molecule has 0 saturated heterocycles. The van der Waals surface area contributed by atoms with Crippen LogP contribution in [0.15, 0.2) is 72.3 Å². The van der Waals surface area contributed by atoms with Gasteiger partial charge < -0.3 is 0 Å². The van der Waals surface area contributed by atoms with E-state index in [1.165, 1.54) is 0 Å². The van der Waals surface area contributed by atoms with E-state index >= 15 is 0 Å². The molecule has 0 fully saturated rings. The Morgan fingerprint density at radius 2 is 1.25 bits per heavy atom. The Bertz CT molecular complexity index is 641. The second-order valence-corrected chi connectivity index (χ2v) is 5.35. The van der Waals surface area contributed by atoms with Crippen LogP contribution in [0.2, 0.25) is 10.0 Å². The minimum absolute atomic E-state index is 0.732. The first-order chi connectivity index (χ1) is 9.74. The molecule has 0 unspecified atom stereocenters. The summed E-state index contributed by atoms with van der Waals surface area (Å²) in [6.45, 7) is 0. The van der Waals surface area contributed by atoms with Gasteiger partial charge in [-0.25, -0.2) is 0 Å². The summed E-state index contributed by atoms with van der Waals surface area (Å²) >= 11 is 11.9. The van der Waals surface area contributed by atoms with E-state index in [1.807, 2.05) is 60.7 Å². The summed E-state index contributed by atoms with van der Waals surface area (Å²) in [4.78, 5) is 0. The van der Waals surface area contributed by atoms with Gasteiger partial charge >= 0.3 is 0 Å². The predicted molar refractivity (Wildman–Crippen MR) is 85.9 cm³/mol. The molecule has 1 radical (unpaired) electrons. The van der Waals surface area contributed by atoms with Gasteiger partial charge in [-0.1, -0.05) is 65.7 Å². The van der Waals surface area contributed by atoms with Crippen molar-refractivity contribution in [2.24, 2.45) is 0 Å². The molecule has 2 aromatic rings. The van der Waals surface area contributed by atoms with Gasteiger partial charge in [0.2, 0.25) is 0 Å². The molecule has 0 saturated carbocycles. The molecular formula is C18H11Cl2. The van der Waals surface area contributed by atoms with Crippen LogP contribution in [0.4, 0.5) is 0 Å². The standard InChI is InChI=1S/C18H11Cl2/c19-16-9-5-14(6-10-16)18(13-3-1-2-4-13)15-7-11-17(20)12-8-15/h1-3,5-12H. The van der Waals surface area contributed by atoms with Crippen molar-refractivity contribution in [2.45, 2.75) is 0 Å². The zero-order chi connectivity index (χ0) is 13.9. The molecule has 0 spiro atoms. The summed E-state index contributed by atoms with van der Waals surface area (Å²) in [6.07, 6.45) is 9.22. The summed E-state index contributed by atoms with van der Waals surface area (Å²) in [7, 11) is 0. The molecule has 0 heterocycles. The molecule has 0 atom stereocenters. The third-order valence-corrected chi connectivity index (χ3v) is 3.64. The maximum absolute atomic E-state index is 5.97. The lowest BCUT2D eigenvalue weighted by Crippen LogP contribution is -1.91. The second-order valence-electron chi connectivity index (χ2n) is 4.47. The molecular weight excluding hydrogens is 287 g/mol. The fourth-order valence-electron chi connectivity index (χ4n) is 2.20. The SMILES string of the molecule is Clc1ccc(C(=C2[C]=CC=C2)c2ccc(Cl)cc2)cc1. The molecule has 0 amide bonds. The van der Waals surface area contributed by atoms with Gasteiger partial charge in [-0.3, -0.25) is 0 Å². The summed E-state index contributed by atoms with van der Waals surface area (Å²) in [5, 5.41) is 1.46. The van der Waals surface area contributed by atoms with Crippen LogP contribution < -0.4 is 0 Å². The predicted octanol–water partition coefficient (Wildman–Crippen LogP) is 5.72. The van der Waals surface area contributed by atoms with Crippen molar-refractivity contribution in [1.29, 1.82) is 0 Å². The minimum atomic E-state index is 0.732. The van der Waals surface area contributed by atoms with E-state index in [2.05, 4.69) is 12.2 Å². The van der Waals surface area contributed by atoms with Gasteiger partial charge in [-0.2, -0.15) is 0 Å². The van der Waals surface area contributed by atoms with Crippen LogP contribution in [0.25, 0.3) is 5.57 Å². The van der Waals surface area contributed by atoms with Crippen molar-refractivity contribution < 1.29 is 0 Å². The highest BCUT2D eigenvalue weighted by molar-refractivity contribution is 6.31. The molecule has 97 valence electrons. The normalized spacial score (nSPS) is 13.0. The van der Waals surface area contributed by atoms with Gasteiger partial charge in [0.25, 0.3) is 0 Å². The molecule has 0 bridgehead atoms. The zero-order valence-electron chi connectivity index (χ0n) is 10.6. The molecule has 1 aliphatic carbocycles. The highest BCUT2D eigenvalue weighted by Crippen LogP contribution is 2.31. The maximum Gasteiger partial charge on any atom is 0.0406 e. The van der Waals surface area contributed by atoms with Gasteiger partial charge in [0.1, 0.15) is 0 Å². The molecule has 20 heavy (non-hydrogen) atoms. The van der Waals surface area contributed by atoms with E-state index in [4.69, 9.17) is 23.2 Å². The first-order valence-corrected chi connectivity index (χ1v) is 7.02. The van der Waals surface area contributed by atoms with E-state index in [0.29, 0.717) is 0 Å². The van der Waals surface area contributed by atoms with Crippen LogP contribution in [0.1, 0.15) is 11.1 Å². The number of hydrogen-bond acceptors (Lipinski definition) is 0. The minimum Gasteiger partial charge on any atom is -0.0843 e. The smallest absolute Gasteiger partial charge is 0.0406 e. The average Bonchev–Trinajstić information content (AvgIpc) is 2.97. The Morgan fingerprint density at radius 1 is 0.750 bits per heavy atom. The molecule has 2 heteroatoms. The molecule has 2 aromatic carbocycles. The van der Waals surface area contributed by atoms with Gasteiger partial charge in [-0.05, 0) is 52.6 Å². The van der Waals surface area contributed by atoms with Crippen molar-refractivity contribution in [3.63, 3.8) is 0 Å². The number of allylic oxidation sites excluding steroid dienone is 5. The Kier molecular flexibility index (Phi) is 3.77. The summed E-state index contributed by atoms with van der Waals surface area (Å²) in [6, 6.07) is 15.7. The molecule has 0 nitrogen and oxygen atoms in total. The van der Waals surface area contributed by atoms with Gasteiger partial charge in [-0.15, -0.1) is 0 Å². The van der Waals surface area contributed by atoms with E-state index < -0.39 is 0 Å². The van der Waals surface area contributed by atoms with Gasteiger partial charge in [0.15, 0.2) is 0 Å². The molecule has 0 aromatic heterocycles. The Labute approximate surface area is 128 Å². The van der Waals surface area contributed by atoms with Crippen LogP contribution in [0.5, 0.6) is 0 Å². The lowest BCUT2D eigenvalue weighted by molar-refractivity contribution is 1.51. The third kappa shape index (κ3) is 2.72. The Morgan fingerprint density at radius 3 is 1.65 bits per heavy atom. The van der Waals surface area contributed by atoms with Crippen molar-refractivity contribution in [2.75, 3.05) is 0 Å². The quantitative estimate of drug-likeness (QED) is 0.664. The first kappa shape index (κ1) is 13.2.